The van der Waals surface area contributed by atoms with Gasteiger partial charge in [-0.05, 0) is 54.9 Å². The Morgan fingerprint density at radius 1 is 1.00 bits per heavy atom. The number of hydrogen-bond donors (Lipinski definition) is 1. The molecule has 1 aromatic carbocycles. The van der Waals surface area contributed by atoms with Crippen molar-refractivity contribution in [1.82, 2.24) is 19.9 Å². The Morgan fingerprint density at radius 2 is 1.85 bits per heavy atom. The Hall–Kier alpha value is -3.65. The predicted octanol–water partition coefficient (Wildman–Crippen LogP) is 4.38. The van der Waals surface area contributed by atoms with Gasteiger partial charge in [0.05, 0.1) is 23.3 Å². The van der Waals surface area contributed by atoms with Crippen LogP contribution in [0.3, 0.4) is 0 Å². The molecule has 3 aromatic rings. The van der Waals surface area contributed by atoms with Gasteiger partial charge in [0, 0.05) is 51.4 Å². The van der Waals surface area contributed by atoms with Crippen LogP contribution in [0.5, 0.6) is 0 Å². The molecule has 0 unspecified atom stereocenters. The lowest BCUT2D eigenvalue weighted by atomic mass is 10.00. The van der Waals surface area contributed by atoms with Gasteiger partial charge < -0.3 is 15.1 Å². The maximum absolute atomic E-state index is 4.76. The van der Waals surface area contributed by atoms with Crippen molar-refractivity contribution in [2.24, 2.45) is 10.2 Å². The second-order valence-corrected chi connectivity index (χ2v) is 8.50. The van der Waals surface area contributed by atoms with E-state index in [1.54, 1.807) is 7.05 Å². The minimum absolute atomic E-state index is 0.590. The molecular weight excluding hydrogens is 412 g/mol. The summed E-state index contributed by atoms with van der Waals surface area (Å²) < 4.78 is 0. The topological polar surface area (TPSA) is 81.9 Å². The highest BCUT2D eigenvalue weighted by Crippen LogP contribution is 2.34. The lowest BCUT2D eigenvalue weighted by molar-refractivity contribution is 0.312. The van der Waals surface area contributed by atoms with Crippen LogP contribution in [0.25, 0.3) is 5.57 Å². The van der Waals surface area contributed by atoms with Crippen molar-refractivity contribution in [3.05, 3.63) is 71.2 Å². The number of nitrogens with one attached hydrogen (secondary N) is 1. The number of rotatable bonds is 5. The van der Waals surface area contributed by atoms with E-state index in [0.717, 1.165) is 77.7 Å². The minimum atomic E-state index is 0.590. The van der Waals surface area contributed by atoms with Crippen LogP contribution >= 0.6 is 0 Å². The molecule has 0 amide bonds. The van der Waals surface area contributed by atoms with Crippen LogP contribution in [0.15, 0.2) is 59.0 Å². The first kappa shape index (κ1) is 21.2. The molecule has 3 heterocycles. The molecule has 5 rings (SSSR count). The third-order valence-electron chi connectivity index (χ3n) is 6.20. The SMILES string of the molecule is CN=Nc1ccc(C2=CCc3nc(Nc4ccc(N5CCN(C)CC5)nc4)ncc32)cc1C. The molecule has 33 heavy (non-hydrogen) atoms. The van der Waals surface area contributed by atoms with Crippen LogP contribution in [0, 0.1) is 6.92 Å². The maximum atomic E-state index is 4.76. The van der Waals surface area contributed by atoms with Crippen LogP contribution in [0.4, 0.5) is 23.1 Å². The number of aryl methyl sites for hydroxylation is 1. The van der Waals surface area contributed by atoms with E-state index in [9.17, 15) is 0 Å². The summed E-state index contributed by atoms with van der Waals surface area (Å²) in [6.07, 6.45) is 6.76. The second kappa shape index (κ2) is 9.07. The van der Waals surface area contributed by atoms with Gasteiger partial charge in [-0.3, -0.25) is 0 Å². The van der Waals surface area contributed by atoms with Crippen molar-refractivity contribution in [3.63, 3.8) is 0 Å². The van der Waals surface area contributed by atoms with Gasteiger partial charge in [-0.15, -0.1) is 0 Å². The first-order valence-corrected chi connectivity index (χ1v) is 11.2. The number of allylic oxidation sites excluding steroid dienone is 1. The smallest absolute Gasteiger partial charge is 0.227 e. The predicted molar refractivity (Wildman–Crippen MR) is 132 cm³/mol. The highest BCUT2D eigenvalue weighted by atomic mass is 15.3. The monoisotopic (exact) mass is 440 g/mol. The van der Waals surface area contributed by atoms with E-state index < -0.39 is 0 Å². The number of likely N-dealkylation sites (N-methyl/N-ethyl adjacent to an activating group) is 1. The fraction of sp³-hybridized carbons (Fsp3) is 0.320. The van der Waals surface area contributed by atoms with Gasteiger partial charge in [-0.2, -0.15) is 10.2 Å². The van der Waals surface area contributed by atoms with Gasteiger partial charge in [0.1, 0.15) is 5.82 Å². The van der Waals surface area contributed by atoms with E-state index in [1.165, 1.54) is 0 Å². The third kappa shape index (κ3) is 4.47. The number of benzene rings is 1. The summed E-state index contributed by atoms with van der Waals surface area (Å²) in [7, 11) is 3.84. The molecule has 168 valence electrons. The summed E-state index contributed by atoms with van der Waals surface area (Å²) in [6, 6.07) is 10.3. The number of aromatic nitrogens is 3. The van der Waals surface area contributed by atoms with E-state index in [0.29, 0.717) is 5.95 Å². The molecule has 1 saturated heterocycles. The summed E-state index contributed by atoms with van der Waals surface area (Å²) in [5.41, 5.74) is 7.29. The summed E-state index contributed by atoms with van der Waals surface area (Å²) in [5, 5.41) is 11.3. The number of hydrogen-bond acceptors (Lipinski definition) is 8. The van der Waals surface area contributed by atoms with Crippen molar-refractivity contribution in [3.8, 4) is 0 Å². The quantitative estimate of drug-likeness (QED) is 0.593. The molecule has 0 radical (unpaired) electrons. The molecule has 2 aliphatic rings. The summed E-state index contributed by atoms with van der Waals surface area (Å²) in [4.78, 5) is 18.6. The average molecular weight is 441 g/mol. The van der Waals surface area contributed by atoms with Gasteiger partial charge >= 0.3 is 0 Å². The van der Waals surface area contributed by atoms with Crippen molar-refractivity contribution in [2.75, 3.05) is 50.5 Å². The first-order valence-electron chi connectivity index (χ1n) is 11.2. The molecule has 0 bridgehead atoms. The molecule has 0 saturated carbocycles. The summed E-state index contributed by atoms with van der Waals surface area (Å²) in [6.45, 7) is 6.19. The number of pyridine rings is 1. The Kier molecular flexibility index (Phi) is 5.83. The zero-order valence-corrected chi connectivity index (χ0v) is 19.3. The van der Waals surface area contributed by atoms with Crippen molar-refractivity contribution < 1.29 is 0 Å². The van der Waals surface area contributed by atoms with Gasteiger partial charge in [-0.1, -0.05) is 12.1 Å². The normalized spacial score (nSPS) is 16.2. The number of piperazine rings is 1. The number of fused-ring (bicyclic) bond motifs is 1. The van der Waals surface area contributed by atoms with E-state index >= 15 is 0 Å². The summed E-state index contributed by atoms with van der Waals surface area (Å²) in [5.74, 6) is 1.60. The highest BCUT2D eigenvalue weighted by molar-refractivity contribution is 5.84. The van der Waals surface area contributed by atoms with E-state index in [2.05, 4.69) is 73.6 Å². The lowest BCUT2D eigenvalue weighted by Gasteiger charge is -2.33. The van der Waals surface area contributed by atoms with Gasteiger partial charge in [0.15, 0.2) is 0 Å². The van der Waals surface area contributed by atoms with Crippen molar-refractivity contribution in [1.29, 1.82) is 0 Å². The van der Waals surface area contributed by atoms with Crippen molar-refractivity contribution >= 4 is 28.7 Å². The van der Waals surface area contributed by atoms with Crippen LogP contribution in [-0.4, -0.2) is 60.1 Å². The third-order valence-corrected chi connectivity index (χ3v) is 6.20. The van der Waals surface area contributed by atoms with Crippen molar-refractivity contribution in [2.45, 2.75) is 13.3 Å². The standard InChI is InChI=1S/C25H28N8/c1-17-14-18(4-7-22(17)31-26-2)20-6-8-23-21(20)16-28-25(30-23)29-19-5-9-24(27-15-19)33-12-10-32(3)11-13-33/h4-7,9,14-16H,8,10-13H2,1-3H3,(H,28,29,30). The fourth-order valence-corrected chi connectivity index (χ4v) is 4.29. The average Bonchev–Trinajstić information content (AvgIpc) is 3.25. The van der Waals surface area contributed by atoms with Gasteiger partial charge in [-0.25, -0.2) is 15.0 Å². The largest absolute Gasteiger partial charge is 0.354 e. The Balaban J connectivity index is 1.29. The Labute approximate surface area is 194 Å². The molecule has 1 aliphatic heterocycles. The first-order chi connectivity index (χ1) is 16.1. The van der Waals surface area contributed by atoms with Crippen LogP contribution < -0.4 is 10.2 Å². The molecule has 1 fully saturated rings. The molecule has 2 aromatic heterocycles. The summed E-state index contributed by atoms with van der Waals surface area (Å²) >= 11 is 0. The minimum Gasteiger partial charge on any atom is -0.354 e. The molecule has 1 N–H and O–H groups in total. The van der Waals surface area contributed by atoms with E-state index in [1.807, 2.05) is 24.5 Å². The number of anilines is 3. The zero-order chi connectivity index (χ0) is 22.8. The van der Waals surface area contributed by atoms with Crippen LogP contribution in [0.2, 0.25) is 0 Å². The van der Waals surface area contributed by atoms with Crippen LogP contribution in [0.1, 0.15) is 22.4 Å². The number of nitrogens with zero attached hydrogens (tertiary/aromatic N) is 7. The fourth-order valence-electron chi connectivity index (χ4n) is 4.29. The molecule has 0 spiro atoms. The van der Waals surface area contributed by atoms with E-state index in [4.69, 9.17) is 4.98 Å². The van der Waals surface area contributed by atoms with Gasteiger partial charge in [0.25, 0.3) is 0 Å². The molecule has 8 nitrogen and oxygen atoms in total. The number of azo groups is 1. The Morgan fingerprint density at radius 3 is 2.58 bits per heavy atom. The maximum Gasteiger partial charge on any atom is 0.227 e. The van der Waals surface area contributed by atoms with E-state index in [-0.39, 0.29) is 0 Å². The molecule has 1 aliphatic carbocycles. The van der Waals surface area contributed by atoms with Gasteiger partial charge in [0.2, 0.25) is 5.95 Å². The van der Waals surface area contributed by atoms with Crippen LogP contribution in [-0.2, 0) is 6.42 Å². The zero-order valence-electron chi connectivity index (χ0n) is 19.3. The molecule has 8 heteroatoms. The lowest BCUT2D eigenvalue weighted by Crippen LogP contribution is -2.44. The highest BCUT2D eigenvalue weighted by Gasteiger charge is 2.19. The Bertz CT molecular complexity index is 1210. The second-order valence-electron chi connectivity index (χ2n) is 8.50. The molecule has 0 atom stereocenters. The molecular formula is C25H28N8.